The van der Waals surface area contributed by atoms with Crippen molar-refractivity contribution in [2.24, 2.45) is 10.8 Å². The Bertz CT molecular complexity index is 317. The summed E-state index contributed by atoms with van der Waals surface area (Å²) < 4.78 is 1.45. The summed E-state index contributed by atoms with van der Waals surface area (Å²) in [5.74, 6) is 0. The Kier molecular flexibility index (Phi) is 10.1. The molecule has 0 aromatic rings. The van der Waals surface area contributed by atoms with Crippen molar-refractivity contribution in [3.05, 3.63) is 0 Å². The first-order valence-electron chi connectivity index (χ1n) is 5.77. The van der Waals surface area contributed by atoms with Crippen molar-refractivity contribution >= 4 is 79.6 Å². The molecular weight excluding hydrogens is 632 g/mol. The van der Waals surface area contributed by atoms with Crippen molar-refractivity contribution in [1.82, 2.24) is 0 Å². The molecule has 0 spiro atoms. The van der Waals surface area contributed by atoms with E-state index >= 15 is 0 Å². The summed E-state index contributed by atoms with van der Waals surface area (Å²) in [5, 5.41) is 56.8. The minimum atomic E-state index is -1.99. The maximum atomic E-state index is 10.2. The van der Waals surface area contributed by atoms with E-state index < -0.39 is 49.1 Å². The molecule has 0 aromatic heterocycles. The van der Waals surface area contributed by atoms with Crippen LogP contribution in [0.3, 0.4) is 0 Å². The van der Waals surface area contributed by atoms with Gasteiger partial charge in [0.1, 0.15) is 10.4 Å². The third-order valence-corrected chi connectivity index (χ3v) is 7.13. The van der Waals surface area contributed by atoms with Gasteiger partial charge in [-0.25, -0.2) is 0 Å². The van der Waals surface area contributed by atoms with Gasteiger partial charge in [0.05, 0.1) is 38.4 Å². The van der Waals surface area contributed by atoms with Crippen LogP contribution in [0.4, 0.5) is 0 Å². The minimum Gasteiger partial charge on any atom is -0.396 e. The van der Waals surface area contributed by atoms with Gasteiger partial charge in [-0.3, -0.25) is 0 Å². The van der Waals surface area contributed by atoms with Crippen LogP contribution in [-0.2, 0) is 4.74 Å². The number of rotatable bonds is 10. The van der Waals surface area contributed by atoms with Crippen LogP contribution in [0.15, 0.2) is 0 Å². The van der Waals surface area contributed by atoms with Crippen LogP contribution in [0, 0.1) is 10.8 Å². The molecule has 7 nitrogen and oxygen atoms in total. The summed E-state index contributed by atoms with van der Waals surface area (Å²) in [6.07, 6.45) is 0. The van der Waals surface area contributed by atoms with E-state index in [2.05, 4.69) is 79.6 Å². The van der Waals surface area contributed by atoms with Crippen molar-refractivity contribution in [2.75, 3.05) is 33.0 Å². The van der Waals surface area contributed by atoms with Crippen molar-refractivity contribution in [3.63, 3.8) is 0 Å². The Morgan fingerprint density at radius 2 is 1.14 bits per heavy atom. The van der Waals surface area contributed by atoms with Crippen molar-refractivity contribution in [3.8, 4) is 0 Å². The van der Waals surface area contributed by atoms with Gasteiger partial charge in [0.2, 0.25) is 0 Å². The average Bonchev–Trinajstić information content (AvgIpc) is 2.39. The van der Waals surface area contributed by atoms with Gasteiger partial charge < -0.3 is 35.4 Å². The first kappa shape index (κ1) is 24.1. The number of aliphatic hydroxyl groups is 6. The Morgan fingerprint density at radius 3 is 1.36 bits per heavy atom. The monoisotopic (exact) mass is 644 g/mol. The van der Waals surface area contributed by atoms with E-state index in [1.165, 1.54) is 0 Å². The predicted molar refractivity (Wildman–Crippen MR) is 97.5 cm³/mol. The number of alkyl halides is 5. The average molecular weight is 649 g/mol. The van der Waals surface area contributed by atoms with E-state index in [0.29, 0.717) is 0 Å². The highest BCUT2D eigenvalue weighted by molar-refractivity contribution is 9.26. The highest BCUT2D eigenvalue weighted by Crippen LogP contribution is 2.58. The largest absolute Gasteiger partial charge is 0.396 e. The zero-order valence-corrected chi connectivity index (χ0v) is 19.0. The molecule has 0 bridgehead atoms. The van der Waals surface area contributed by atoms with Gasteiger partial charge in [0.15, 0.2) is 6.84 Å². The van der Waals surface area contributed by atoms with Crippen molar-refractivity contribution in [2.45, 2.75) is 11.9 Å². The summed E-state index contributed by atoms with van der Waals surface area (Å²) >= 11 is 14.7. The fraction of sp³-hybridized carbons (Fsp3) is 1.00. The summed E-state index contributed by atoms with van der Waals surface area (Å²) in [6.45, 7) is -2.74. The van der Waals surface area contributed by atoms with E-state index in [9.17, 15) is 30.6 Å². The maximum absolute atomic E-state index is 10.2. The quantitative estimate of drug-likeness (QED) is 0.191. The Labute approximate surface area is 169 Å². The normalized spacial score (nSPS) is 16.0. The summed E-state index contributed by atoms with van der Waals surface area (Å²) in [4.78, 5) is 0. The molecule has 1 atom stereocenters. The zero-order valence-electron chi connectivity index (χ0n) is 11.1. The van der Waals surface area contributed by atoms with Crippen LogP contribution < -0.4 is 0 Å². The van der Waals surface area contributed by atoms with Gasteiger partial charge in [0, 0.05) is 0 Å². The number of hydrogen-bond acceptors (Lipinski definition) is 7. The number of ether oxygens (including phenoxy) is 1. The first-order valence-corrected chi connectivity index (χ1v) is 9.85. The molecule has 0 fully saturated rings. The van der Waals surface area contributed by atoms with Gasteiger partial charge in [-0.1, -0.05) is 15.9 Å². The topological polar surface area (TPSA) is 131 Å². The molecule has 0 aliphatic heterocycles. The lowest BCUT2D eigenvalue weighted by Crippen LogP contribution is -2.60. The molecule has 0 radical (unpaired) electrons. The number of aliphatic hydroxyl groups excluding tert-OH is 4. The van der Waals surface area contributed by atoms with Gasteiger partial charge in [-0.2, -0.15) is 0 Å². The molecule has 134 valence electrons. The molecule has 0 heterocycles. The molecule has 0 aliphatic rings. The molecular formula is C10H17Br5O7. The second-order valence-corrected chi connectivity index (χ2v) is 12.4. The molecule has 22 heavy (non-hydrogen) atoms. The number of halogens is 5. The van der Waals surface area contributed by atoms with E-state index in [1.807, 2.05) is 0 Å². The van der Waals surface area contributed by atoms with E-state index in [-0.39, 0.29) is 6.61 Å². The molecule has 0 rings (SSSR count). The van der Waals surface area contributed by atoms with E-state index in [4.69, 9.17) is 4.74 Å². The lowest BCUT2D eigenvalue weighted by atomic mass is 9.90. The molecule has 6 N–H and O–H groups in total. The summed E-state index contributed by atoms with van der Waals surface area (Å²) in [5.41, 5.74) is -3.15. The van der Waals surface area contributed by atoms with E-state index in [1.54, 1.807) is 0 Å². The van der Waals surface area contributed by atoms with Crippen LogP contribution in [0.5, 0.6) is 0 Å². The van der Waals surface area contributed by atoms with Crippen molar-refractivity contribution in [1.29, 1.82) is 0 Å². The third-order valence-electron chi connectivity index (χ3n) is 3.25. The molecule has 0 amide bonds. The Morgan fingerprint density at radius 1 is 0.773 bits per heavy atom. The van der Waals surface area contributed by atoms with Gasteiger partial charge in [0.25, 0.3) is 0 Å². The fourth-order valence-electron chi connectivity index (χ4n) is 1.40. The highest BCUT2D eigenvalue weighted by atomic mass is 79.9. The smallest absolute Gasteiger partial charge is 0.190 e. The molecule has 0 aromatic carbocycles. The zero-order chi connectivity index (χ0) is 17.8. The predicted octanol–water partition coefficient (Wildman–Crippen LogP) is 0.538. The second kappa shape index (κ2) is 9.17. The van der Waals surface area contributed by atoms with Crippen molar-refractivity contribution < 1.29 is 35.4 Å². The van der Waals surface area contributed by atoms with Crippen LogP contribution in [0.25, 0.3) is 0 Å². The van der Waals surface area contributed by atoms with Crippen LogP contribution in [0.2, 0.25) is 0 Å². The molecule has 1 unspecified atom stereocenters. The van der Waals surface area contributed by atoms with Crippen LogP contribution in [0.1, 0.15) is 0 Å². The second-order valence-electron chi connectivity index (χ2n) is 4.81. The molecule has 0 saturated carbocycles. The summed E-state index contributed by atoms with van der Waals surface area (Å²) in [6, 6.07) is 0. The summed E-state index contributed by atoms with van der Waals surface area (Å²) in [7, 11) is 0. The SMILES string of the molecule is OCC(CO)(CO)COC(Br)C(CO)(C(O)(Br)Br)C(O)(Br)Br. The first-order chi connectivity index (χ1) is 9.87. The van der Waals surface area contributed by atoms with Gasteiger partial charge in [-0.15, -0.1) is 0 Å². The third kappa shape index (κ3) is 5.07. The standard InChI is InChI=1S/C10H17Br5O7/c11-6(22-5-7(1-16,2-17)3-18)8(4-19,9(12,13)20)10(14,15)21/h6,16-21H,1-5H2. The minimum absolute atomic E-state index is 0.319. The Balaban J connectivity index is 5.46. The van der Waals surface area contributed by atoms with Gasteiger partial charge >= 0.3 is 0 Å². The lowest BCUT2D eigenvalue weighted by molar-refractivity contribution is -0.135. The van der Waals surface area contributed by atoms with Crippen LogP contribution in [-0.4, -0.2) is 75.5 Å². The molecule has 0 saturated heterocycles. The highest BCUT2D eigenvalue weighted by Gasteiger charge is 2.64. The fourth-order valence-corrected chi connectivity index (χ4v) is 7.11. The van der Waals surface area contributed by atoms with Gasteiger partial charge in [-0.05, 0) is 63.7 Å². The van der Waals surface area contributed by atoms with Crippen LogP contribution >= 0.6 is 79.6 Å². The maximum Gasteiger partial charge on any atom is 0.190 e. The molecule has 0 aliphatic carbocycles. The van der Waals surface area contributed by atoms with E-state index in [0.717, 1.165) is 0 Å². The lowest BCUT2D eigenvalue weighted by Gasteiger charge is -2.47. The number of hydrogen-bond donors (Lipinski definition) is 6. The molecule has 12 heteroatoms. The Hall–Kier alpha value is 2.12.